The number of alkyl halides is 3. The molecular formula is C12H18BF3O2. The maximum atomic E-state index is 13.1. The molecule has 4 aliphatic rings. The van der Waals surface area contributed by atoms with Gasteiger partial charge in [-0.3, -0.25) is 0 Å². The minimum Gasteiger partial charge on any atom is -0.403 e. The first kappa shape index (κ1) is 12.8. The van der Waals surface area contributed by atoms with Crippen LogP contribution in [-0.4, -0.2) is 24.5 Å². The van der Waals surface area contributed by atoms with Gasteiger partial charge in [0.15, 0.2) is 0 Å². The first-order valence-corrected chi connectivity index (χ1v) is 6.43. The summed E-state index contributed by atoms with van der Waals surface area (Å²) in [5.74, 6) is -0.375. The highest BCUT2D eigenvalue weighted by Crippen LogP contribution is 2.79. The molecule has 1 saturated heterocycles. The average Bonchev–Trinajstić information content (AvgIpc) is 2.08. The van der Waals surface area contributed by atoms with Crippen molar-refractivity contribution in [3.05, 3.63) is 0 Å². The number of hydrogen-bond acceptors (Lipinski definition) is 2. The van der Waals surface area contributed by atoms with Crippen LogP contribution in [0.25, 0.3) is 0 Å². The smallest absolute Gasteiger partial charge is 0.403 e. The zero-order valence-corrected chi connectivity index (χ0v) is 11.1. The summed E-state index contributed by atoms with van der Waals surface area (Å²) in [5, 5.41) is 0. The van der Waals surface area contributed by atoms with Crippen LogP contribution in [0.15, 0.2) is 0 Å². The highest BCUT2D eigenvalue weighted by atomic mass is 19.4. The first-order valence-electron chi connectivity index (χ1n) is 6.43. The van der Waals surface area contributed by atoms with Crippen LogP contribution in [-0.2, 0) is 9.31 Å². The van der Waals surface area contributed by atoms with Crippen LogP contribution in [0.2, 0.25) is 5.82 Å². The van der Waals surface area contributed by atoms with Crippen molar-refractivity contribution in [2.45, 2.75) is 63.7 Å². The molecule has 1 aliphatic heterocycles. The molecular weight excluding hydrogens is 244 g/mol. The van der Waals surface area contributed by atoms with Gasteiger partial charge in [0.25, 0.3) is 0 Å². The van der Waals surface area contributed by atoms with Crippen molar-refractivity contribution in [1.29, 1.82) is 0 Å². The van der Waals surface area contributed by atoms with Gasteiger partial charge in [-0.1, -0.05) is 0 Å². The second-order valence-corrected chi connectivity index (χ2v) is 6.97. The maximum Gasteiger partial charge on any atom is 0.462 e. The molecule has 3 saturated carbocycles. The Labute approximate surface area is 105 Å². The predicted molar refractivity (Wildman–Crippen MR) is 61.0 cm³/mol. The highest BCUT2D eigenvalue weighted by molar-refractivity contribution is 6.48. The zero-order chi connectivity index (χ0) is 13.6. The summed E-state index contributed by atoms with van der Waals surface area (Å²) in [6.45, 7) is 7.49. The van der Waals surface area contributed by atoms with Crippen molar-refractivity contribution in [2.75, 3.05) is 0 Å². The zero-order valence-electron chi connectivity index (χ0n) is 11.1. The van der Waals surface area contributed by atoms with Gasteiger partial charge < -0.3 is 9.31 Å². The van der Waals surface area contributed by atoms with E-state index in [1.165, 1.54) is 0 Å². The average molecular weight is 262 g/mol. The summed E-state index contributed by atoms with van der Waals surface area (Å²) in [6.07, 6.45) is -3.62. The Morgan fingerprint density at radius 1 is 1.00 bits per heavy atom. The lowest BCUT2D eigenvalue weighted by atomic mass is 9.28. The van der Waals surface area contributed by atoms with Crippen LogP contribution in [0.3, 0.4) is 0 Å². The topological polar surface area (TPSA) is 18.5 Å². The second kappa shape index (κ2) is 3.09. The standard InChI is InChI=1S/C12H18BF3O2/c1-9(2)10(3,4)18-13(17-9)8-7-5-11(8,6-7)12(14,15)16/h7-8H,5-6H2,1-4H3. The molecule has 0 spiro atoms. The fourth-order valence-electron chi connectivity index (χ4n) is 3.47. The van der Waals surface area contributed by atoms with Crippen molar-refractivity contribution in [3.63, 3.8) is 0 Å². The van der Waals surface area contributed by atoms with Gasteiger partial charge in [0.2, 0.25) is 0 Å². The molecule has 4 fully saturated rings. The molecule has 0 aromatic heterocycles. The Bertz CT molecular complexity index is 369. The lowest BCUT2D eigenvalue weighted by Crippen LogP contribution is -2.69. The minimum absolute atomic E-state index is 0.126. The second-order valence-electron chi connectivity index (χ2n) is 6.97. The van der Waals surface area contributed by atoms with E-state index in [0.29, 0.717) is 0 Å². The molecule has 2 nitrogen and oxygen atoms in total. The van der Waals surface area contributed by atoms with Crippen molar-refractivity contribution in [1.82, 2.24) is 0 Å². The predicted octanol–water partition coefficient (Wildman–Crippen LogP) is 3.42. The van der Waals surface area contributed by atoms with E-state index in [2.05, 4.69) is 0 Å². The first-order chi connectivity index (χ1) is 8.00. The summed E-state index contributed by atoms with van der Waals surface area (Å²) < 4.78 is 50.8. The van der Waals surface area contributed by atoms with Crippen LogP contribution in [0, 0.1) is 11.3 Å². The van der Waals surface area contributed by atoms with Crippen molar-refractivity contribution in [2.24, 2.45) is 11.3 Å². The summed E-state index contributed by atoms with van der Waals surface area (Å²) in [6, 6.07) is 0. The molecule has 0 N–H and O–H groups in total. The molecule has 0 amide bonds. The minimum atomic E-state index is -4.13. The van der Waals surface area contributed by atoms with Crippen LogP contribution < -0.4 is 0 Å². The third-order valence-corrected chi connectivity index (χ3v) is 5.53. The third kappa shape index (κ3) is 1.28. The number of hydrogen-bond donors (Lipinski definition) is 0. The molecule has 102 valence electrons. The van der Waals surface area contributed by atoms with E-state index in [1.54, 1.807) is 0 Å². The number of rotatable bonds is 1. The molecule has 0 aromatic carbocycles. The Morgan fingerprint density at radius 2 is 1.44 bits per heavy atom. The van der Waals surface area contributed by atoms with E-state index < -0.39 is 35.7 Å². The normalized spacial score (nSPS) is 44.5. The Morgan fingerprint density at radius 3 is 1.72 bits per heavy atom. The highest BCUT2D eigenvalue weighted by Gasteiger charge is 2.81. The van der Waals surface area contributed by atoms with Crippen LogP contribution in [0.5, 0.6) is 0 Å². The van der Waals surface area contributed by atoms with E-state index in [4.69, 9.17) is 9.31 Å². The van der Waals surface area contributed by atoms with Gasteiger partial charge >= 0.3 is 13.3 Å². The molecule has 18 heavy (non-hydrogen) atoms. The molecule has 1 heterocycles. The van der Waals surface area contributed by atoms with Crippen molar-refractivity contribution < 1.29 is 22.5 Å². The largest absolute Gasteiger partial charge is 0.462 e. The van der Waals surface area contributed by atoms with E-state index in [1.807, 2.05) is 27.7 Å². The Hall–Kier alpha value is -0.225. The molecule has 2 bridgehead atoms. The van der Waals surface area contributed by atoms with Gasteiger partial charge in [-0.05, 0) is 46.5 Å². The van der Waals surface area contributed by atoms with Crippen LogP contribution >= 0.6 is 0 Å². The van der Waals surface area contributed by atoms with E-state index in [-0.39, 0.29) is 18.8 Å². The summed E-state index contributed by atoms with van der Waals surface area (Å²) in [5.41, 5.74) is -2.63. The van der Waals surface area contributed by atoms with E-state index in [9.17, 15) is 13.2 Å². The molecule has 1 atom stereocenters. The molecule has 0 radical (unpaired) electrons. The van der Waals surface area contributed by atoms with Gasteiger partial charge in [-0.25, -0.2) is 0 Å². The Balaban J connectivity index is 1.80. The molecule has 3 aliphatic carbocycles. The lowest BCUT2D eigenvalue weighted by molar-refractivity contribution is -0.327. The fourth-order valence-corrected chi connectivity index (χ4v) is 3.47. The van der Waals surface area contributed by atoms with Crippen LogP contribution in [0.1, 0.15) is 40.5 Å². The quantitative estimate of drug-likeness (QED) is 0.674. The van der Waals surface area contributed by atoms with Gasteiger partial charge in [0.1, 0.15) is 0 Å². The van der Waals surface area contributed by atoms with Gasteiger partial charge in [-0.15, -0.1) is 0 Å². The van der Waals surface area contributed by atoms with Crippen LogP contribution in [0.4, 0.5) is 13.2 Å². The van der Waals surface area contributed by atoms with Gasteiger partial charge in [-0.2, -0.15) is 13.2 Å². The Kier molecular flexibility index (Phi) is 2.19. The fraction of sp³-hybridized carbons (Fsp3) is 1.00. The van der Waals surface area contributed by atoms with Crippen molar-refractivity contribution >= 4 is 7.12 Å². The third-order valence-electron chi connectivity index (χ3n) is 5.53. The summed E-state index contributed by atoms with van der Waals surface area (Å²) >= 11 is 0. The SMILES string of the molecule is CC1(C)OB(C2C3CC2(C(F)(F)F)C3)OC1(C)C. The summed E-state index contributed by atoms with van der Waals surface area (Å²) in [4.78, 5) is 0. The van der Waals surface area contributed by atoms with Gasteiger partial charge in [0, 0.05) is 5.82 Å². The molecule has 6 heteroatoms. The van der Waals surface area contributed by atoms with E-state index in [0.717, 1.165) is 0 Å². The maximum absolute atomic E-state index is 13.1. The molecule has 0 aromatic rings. The van der Waals surface area contributed by atoms with Crippen molar-refractivity contribution in [3.8, 4) is 0 Å². The monoisotopic (exact) mass is 262 g/mol. The molecule has 1 unspecified atom stereocenters. The number of halogens is 3. The molecule has 4 rings (SSSR count). The summed E-state index contributed by atoms with van der Waals surface area (Å²) in [7, 11) is -0.705. The van der Waals surface area contributed by atoms with Gasteiger partial charge in [0.05, 0.1) is 16.6 Å². The lowest BCUT2D eigenvalue weighted by Gasteiger charge is -2.68. The van der Waals surface area contributed by atoms with E-state index >= 15 is 0 Å².